The number of nitrogens with zero attached hydrogens (tertiary/aromatic N) is 5. The summed E-state index contributed by atoms with van der Waals surface area (Å²) in [5.74, 6) is 1.07. The Bertz CT molecular complexity index is 442. The van der Waals surface area contributed by atoms with Gasteiger partial charge in [-0.25, -0.2) is 0 Å². The van der Waals surface area contributed by atoms with Crippen LogP contribution >= 0.6 is 0 Å². The highest BCUT2D eigenvalue weighted by Crippen LogP contribution is 2.31. The van der Waals surface area contributed by atoms with Crippen LogP contribution in [0.25, 0.3) is 0 Å². The van der Waals surface area contributed by atoms with Gasteiger partial charge in [0.2, 0.25) is 0 Å². The molecule has 0 aromatic carbocycles. The quantitative estimate of drug-likeness (QED) is 0.826. The molecule has 0 bridgehead atoms. The second-order valence-corrected chi connectivity index (χ2v) is 6.10. The Morgan fingerprint density at radius 1 is 1.37 bits per heavy atom. The average molecular weight is 264 g/mol. The minimum atomic E-state index is 0.126. The molecule has 106 valence electrons. The van der Waals surface area contributed by atoms with Crippen LogP contribution in [-0.4, -0.2) is 62.3 Å². The van der Waals surface area contributed by atoms with Crippen molar-refractivity contribution in [2.24, 2.45) is 5.73 Å². The van der Waals surface area contributed by atoms with Crippen molar-refractivity contribution in [3.63, 3.8) is 0 Å². The zero-order valence-corrected chi connectivity index (χ0v) is 11.9. The van der Waals surface area contributed by atoms with Crippen LogP contribution in [0.3, 0.4) is 0 Å². The molecule has 3 heterocycles. The minimum Gasteiger partial charge on any atom is -0.329 e. The van der Waals surface area contributed by atoms with Gasteiger partial charge in [-0.1, -0.05) is 0 Å². The standard InChI is InChI=1S/C13H24N6/c1-11(2)17-4-3-13(8-14,9-17)19-6-5-18-10-15-16-12(18)7-19/h10-11H,3-9,14H2,1-2H3. The van der Waals surface area contributed by atoms with Crippen LogP contribution in [0.15, 0.2) is 6.33 Å². The van der Waals surface area contributed by atoms with Crippen LogP contribution in [0, 0.1) is 0 Å². The Morgan fingerprint density at radius 2 is 2.21 bits per heavy atom. The predicted molar refractivity (Wildman–Crippen MR) is 73.5 cm³/mol. The Balaban J connectivity index is 1.77. The second-order valence-electron chi connectivity index (χ2n) is 6.10. The molecule has 2 aliphatic rings. The molecule has 3 rings (SSSR count). The maximum Gasteiger partial charge on any atom is 0.147 e. The van der Waals surface area contributed by atoms with Crippen LogP contribution in [0.1, 0.15) is 26.1 Å². The van der Waals surface area contributed by atoms with Crippen LogP contribution in [0.2, 0.25) is 0 Å². The zero-order valence-electron chi connectivity index (χ0n) is 11.9. The summed E-state index contributed by atoms with van der Waals surface area (Å²) in [6, 6.07) is 0.599. The van der Waals surface area contributed by atoms with Crippen LogP contribution < -0.4 is 5.73 Å². The van der Waals surface area contributed by atoms with Crippen LogP contribution in [0.5, 0.6) is 0 Å². The molecular weight excluding hydrogens is 240 g/mol. The van der Waals surface area contributed by atoms with Gasteiger partial charge in [0.1, 0.15) is 12.2 Å². The van der Waals surface area contributed by atoms with E-state index >= 15 is 0 Å². The van der Waals surface area contributed by atoms with Crippen molar-refractivity contribution in [2.75, 3.05) is 26.2 Å². The van der Waals surface area contributed by atoms with Gasteiger partial charge in [-0.15, -0.1) is 10.2 Å². The highest BCUT2D eigenvalue weighted by Gasteiger charge is 2.43. The molecule has 2 aliphatic heterocycles. The van der Waals surface area contributed by atoms with Crippen molar-refractivity contribution < 1.29 is 0 Å². The van der Waals surface area contributed by atoms with Crippen LogP contribution in [-0.2, 0) is 13.1 Å². The Kier molecular flexibility index (Phi) is 3.32. The fraction of sp³-hybridized carbons (Fsp3) is 0.846. The van der Waals surface area contributed by atoms with Gasteiger partial charge in [0.05, 0.1) is 6.54 Å². The summed E-state index contributed by atoms with van der Waals surface area (Å²) in [5.41, 5.74) is 6.27. The first-order chi connectivity index (χ1) is 9.14. The first-order valence-corrected chi connectivity index (χ1v) is 7.20. The van der Waals surface area contributed by atoms with Gasteiger partial charge in [-0.05, 0) is 20.3 Å². The van der Waals surface area contributed by atoms with Crippen molar-refractivity contribution >= 4 is 0 Å². The lowest BCUT2D eigenvalue weighted by Crippen LogP contribution is -2.57. The maximum absolute atomic E-state index is 6.15. The summed E-state index contributed by atoms with van der Waals surface area (Å²) in [6.45, 7) is 10.4. The summed E-state index contributed by atoms with van der Waals surface area (Å²) >= 11 is 0. The van der Waals surface area contributed by atoms with Crippen molar-refractivity contribution in [1.29, 1.82) is 0 Å². The average Bonchev–Trinajstić information content (AvgIpc) is 3.05. The lowest BCUT2D eigenvalue weighted by molar-refractivity contribution is 0.0652. The molecular formula is C13H24N6. The van der Waals surface area contributed by atoms with Crippen LogP contribution in [0.4, 0.5) is 0 Å². The van der Waals surface area contributed by atoms with Gasteiger partial charge < -0.3 is 10.3 Å². The molecule has 0 amide bonds. The highest BCUT2D eigenvalue weighted by molar-refractivity contribution is 5.04. The number of hydrogen-bond donors (Lipinski definition) is 1. The summed E-state index contributed by atoms with van der Waals surface area (Å²) in [5, 5.41) is 8.22. The first-order valence-electron chi connectivity index (χ1n) is 7.20. The van der Waals surface area contributed by atoms with E-state index in [1.54, 1.807) is 0 Å². The maximum atomic E-state index is 6.15. The molecule has 1 aromatic heterocycles. The third-order valence-corrected chi connectivity index (χ3v) is 4.78. The molecule has 0 spiro atoms. The number of rotatable bonds is 3. The van der Waals surface area contributed by atoms with Gasteiger partial charge in [-0.3, -0.25) is 9.80 Å². The van der Waals surface area contributed by atoms with E-state index in [4.69, 9.17) is 5.73 Å². The van der Waals surface area contributed by atoms with Gasteiger partial charge >= 0.3 is 0 Å². The fourth-order valence-electron chi connectivity index (χ4n) is 3.35. The minimum absolute atomic E-state index is 0.126. The fourth-order valence-corrected chi connectivity index (χ4v) is 3.35. The molecule has 19 heavy (non-hydrogen) atoms. The van der Waals surface area contributed by atoms with E-state index in [2.05, 4.69) is 38.4 Å². The second kappa shape index (κ2) is 4.85. The lowest BCUT2D eigenvalue weighted by Gasteiger charge is -2.42. The zero-order chi connectivity index (χ0) is 13.5. The van der Waals surface area contributed by atoms with E-state index < -0.39 is 0 Å². The first kappa shape index (κ1) is 13.0. The normalized spacial score (nSPS) is 29.1. The topological polar surface area (TPSA) is 63.2 Å². The number of hydrogen-bond acceptors (Lipinski definition) is 5. The largest absolute Gasteiger partial charge is 0.329 e. The van der Waals surface area contributed by atoms with E-state index in [0.29, 0.717) is 6.04 Å². The molecule has 0 saturated carbocycles. The Hall–Kier alpha value is -0.980. The van der Waals surface area contributed by atoms with Crippen molar-refractivity contribution in [2.45, 2.75) is 44.9 Å². The summed E-state index contributed by atoms with van der Waals surface area (Å²) < 4.78 is 2.15. The molecule has 1 fully saturated rings. The molecule has 1 atom stereocenters. The lowest BCUT2D eigenvalue weighted by atomic mass is 9.95. The third-order valence-electron chi connectivity index (χ3n) is 4.78. The smallest absolute Gasteiger partial charge is 0.147 e. The number of likely N-dealkylation sites (tertiary alicyclic amines) is 1. The molecule has 2 N–H and O–H groups in total. The molecule has 0 radical (unpaired) electrons. The predicted octanol–water partition coefficient (Wildman–Crippen LogP) is -0.0947. The summed E-state index contributed by atoms with van der Waals surface area (Å²) in [4.78, 5) is 5.06. The monoisotopic (exact) mass is 264 g/mol. The van der Waals surface area contributed by atoms with E-state index in [1.165, 1.54) is 0 Å². The molecule has 6 heteroatoms. The van der Waals surface area contributed by atoms with Crippen molar-refractivity contribution in [1.82, 2.24) is 24.6 Å². The van der Waals surface area contributed by atoms with E-state index in [0.717, 1.165) is 51.5 Å². The van der Waals surface area contributed by atoms with E-state index in [-0.39, 0.29) is 5.54 Å². The van der Waals surface area contributed by atoms with Gasteiger partial charge in [0.25, 0.3) is 0 Å². The van der Waals surface area contributed by atoms with E-state index in [9.17, 15) is 0 Å². The SMILES string of the molecule is CC(C)N1CCC(CN)(N2CCn3cnnc3C2)C1. The van der Waals surface area contributed by atoms with E-state index in [1.807, 2.05) is 6.33 Å². The number of fused-ring (bicyclic) bond motifs is 1. The molecule has 1 saturated heterocycles. The van der Waals surface area contributed by atoms with Gasteiger partial charge in [-0.2, -0.15) is 0 Å². The number of nitrogens with two attached hydrogens (primary N) is 1. The van der Waals surface area contributed by atoms with Crippen molar-refractivity contribution in [3.05, 3.63) is 12.2 Å². The molecule has 0 aliphatic carbocycles. The number of aromatic nitrogens is 3. The molecule has 1 unspecified atom stereocenters. The third kappa shape index (κ3) is 2.17. The van der Waals surface area contributed by atoms with Gasteiger partial charge in [0.15, 0.2) is 0 Å². The Labute approximate surface area is 114 Å². The molecule has 1 aromatic rings. The highest BCUT2D eigenvalue weighted by atomic mass is 15.4. The Morgan fingerprint density at radius 3 is 2.89 bits per heavy atom. The molecule has 6 nitrogen and oxygen atoms in total. The van der Waals surface area contributed by atoms with Crippen molar-refractivity contribution in [3.8, 4) is 0 Å². The van der Waals surface area contributed by atoms with Gasteiger partial charge in [0, 0.05) is 44.3 Å². The summed E-state index contributed by atoms with van der Waals surface area (Å²) in [6.07, 6.45) is 2.99. The summed E-state index contributed by atoms with van der Waals surface area (Å²) in [7, 11) is 0.